The number of carbonyl (C=O) groups is 3. The van der Waals surface area contributed by atoms with Crippen molar-refractivity contribution in [1.29, 1.82) is 0 Å². The van der Waals surface area contributed by atoms with E-state index in [1.165, 1.54) is 0 Å². The third-order valence-electron chi connectivity index (χ3n) is 8.55. The Morgan fingerprint density at radius 2 is 1.07 bits per heavy atom. The highest BCUT2D eigenvalue weighted by atomic mass is 35.5. The Labute approximate surface area is 241 Å². The molecular weight excluding hydrogens is 543 g/mol. The highest BCUT2D eigenvalue weighted by Gasteiger charge is 2.73. The predicted octanol–water partition coefficient (Wildman–Crippen LogP) is 5.83. The van der Waals surface area contributed by atoms with E-state index in [1.54, 1.807) is 12.1 Å². The molecule has 1 fully saturated rings. The van der Waals surface area contributed by atoms with E-state index in [0.717, 1.165) is 32.7 Å². The second kappa shape index (κ2) is 9.05. The maximum Gasteiger partial charge on any atom is 0.248 e. The topological polar surface area (TPSA) is 66.5 Å². The number of anilines is 1. The summed E-state index contributed by atoms with van der Waals surface area (Å²) in [5, 5.41) is 2.90. The first-order valence-electron chi connectivity index (χ1n) is 13.2. The Morgan fingerprint density at radius 1 is 0.675 bits per heavy atom. The molecule has 4 aromatic carbocycles. The Bertz CT molecular complexity index is 1550. The molecule has 40 heavy (non-hydrogen) atoms. The highest BCUT2D eigenvalue weighted by Crippen LogP contribution is 2.69. The molecule has 0 spiro atoms. The summed E-state index contributed by atoms with van der Waals surface area (Å²) in [7, 11) is 0. The van der Waals surface area contributed by atoms with Gasteiger partial charge in [-0.2, -0.15) is 0 Å². The van der Waals surface area contributed by atoms with Gasteiger partial charge in [0.1, 0.15) is 15.8 Å². The standard InChI is InChI=1S/C33H24Cl2N2O3/c34-32-22-15-7-8-16-23(22)33(35,25-18-10-9-17-24(25)32)28-27(32)30(39)37(31(28)40)26(19-20-11-3-1-4-12-20)29(38)36-21-13-5-2-6-14-21/h1-18,26-28H,19H2,(H,36,38)/t26-,27+,28+,32?,33?/m0/s1. The Hall–Kier alpha value is -3.93. The molecule has 4 aliphatic rings. The van der Waals surface area contributed by atoms with Crippen LogP contribution >= 0.6 is 23.2 Å². The molecule has 3 atom stereocenters. The van der Waals surface area contributed by atoms with Crippen LogP contribution in [0.2, 0.25) is 0 Å². The summed E-state index contributed by atoms with van der Waals surface area (Å²) in [6, 6.07) is 32.3. The molecule has 198 valence electrons. The van der Waals surface area contributed by atoms with Gasteiger partial charge in [-0.05, 0) is 39.9 Å². The van der Waals surface area contributed by atoms with Crippen molar-refractivity contribution in [3.63, 3.8) is 0 Å². The lowest BCUT2D eigenvalue weighted by molar-refractivity contribution is -0.146. The second-order valence-corrected chi connectivity index (χ2v) is 11.8. The van der Waals surface area contributed by atoms with Gasteiger partial charge in [0, 0.05) is 12.1 Å². The summed E-state index contributed by atoms with van der Waals surface area (Å²) >= 11 is 15.1. The molecule has 8 rings (SSSR count). The first-order valence-corrected chi connectivity index (χ1v) is 14.0. The van der Waals surface area contributed by atoms with Gasteiger partial charge >= 0.3 is 0 Å². The summed E-state index contributed by atoms with van der Waals surface area (Å²) in [4.78, 5) is 41.3. The molecule has 2 bridgehead atoms. The van der Waals surface area contributed by atoms with Gasteiger partial charge in [-0.15, -0.1) is 23.2 Å². The van der Waals surface area contributed by atoms with Gasteiger partial charge < -0.3 is 5.32 Å². The van der Waals surface area contributed by atoms with Gasteiger partial charge in [0.2, 0.25) is 17.7 Å². The van der Waals surface area contributed by atoms with Crippen molar-refractivity contribution < 1.29 is 14.4 Å². The first-order chi connectivity index (χ1) is 19.4. The Morgan fingerprint density at radius 3 is 1.52 bits per heavy atom. The molecule has 0 radical (unpaired) electrons. The van der Waals surface area contributed by atoms with Gasteiger partial charge in [0.25, 0.3) is 0 Å². The number of hydrogen-bond acceptors (Lipinski definition) is 3. The quantitative estimate of drug-likeness (QED) is 0.244. The number of halogens is 2. The van der Waals surface area contributed by atoms with Crippen LogP contribution in [0.5, 0.6) is 0 Å². The third-order valence-corrected chi connectivity index (χ3v) is 9.83. The molecule has 1 saturated heterocycles. The fraction of sp³-hybridized carbons (Fsp3) is 0.182. The summed E-state index contributed by atoms with van der Waals surface area (Å²) < 4.78 is 0. The monoisotopic (exact) mass is 566 g/mol. The molecule has 3 aliphatic carbocycles. The number of hydrogen-bond donors (Lipinski definition) is 1. The maximum absolute atomic E-state index is 14.5. The fourth-order valence-electron chi connectivity index (χ4n) is 6.88. The van der Waals surface area contributed by atoms with Crippen LogP contribution in [0.4, 0.5) is 5.69 Å². The van der Waals surface area contributed by atoms with Crippen molar-refractivity contribution in [3.8, 4) is 0 Å². The SMILES string of the molecule is O=C(Nc1ccccc1)[C@H](Cc1ccccc1)N1C(=O)[C@H]2[C@H](C1=O)C1(Cl)c3ccccc3C2(Cl)c2ccccc21. The molecule has 0 saturated carbocycles. The summed E-state index contributed by atoms with van der Waals surface area (Å²) in [6.45, 7) is 0. The smallest absolute Gasteiger partial charge is 0.248 e. The highest BCUT2D eigenvalue weighted by molar-refractivity contribution is 6.36. The second-order valence-electron chi connectivity index (χ2n) is 10.6. The predicted molar refractivity (Wildman–Crippen MR) is 154 cm³/mol. The van der Waals surface area contributed by atoms with E-state index in [0.29, 0.717) is 5.69 Å². The van der Waals surface area contributed by atoms with E-state index in [-0.39, 0.29) is 6.42 Å². The van der Waals surface area contributed by atoms with Crippen molar-refractivity contribution in [2.45, 2.75) is 22.2 Å². The summed E-state index contributed by atoms with van der Waals surface area (Å²) in [5.41, 5.74) is 4.29. The van der Waals surface area contributed by atoms with Crippen LogP contribution < -0.4 is 5.32 Å². The average Bonchev–Trinajstić information content (AvgIpc) is 3.26. The largest absolute Gasteiger partial charge is 0.324 e. The molecule has 0 unspecified atom stereocenters. The number of nitrogens with zero attached hydrogens (tertiary/aromatic N) is 1. The van der Waals surface area contributed by atoms with E-state index < -0.39 is 45.3 Å². The lowest BCUT2D eigenvalue weighted by Crippen LogP contribution is -2.57. The number of carbonyl (C=O) groups excluding carboxylic acids is 3. The molecule has 5 nitrogen and oxygen atoms in total. The fourth-order valence-corrected chi connectivity index (χ4v) is 7.98. The van der Waals surface area contributed by atoms with Crippen molar-refractivity contribution in [3.05, 3.63) is 137 Å². The normalized spacial score (nSPS) is 26.6. The molecule has 3 amide bonds. The first kappa shape index (κ1) is 25.1. The van der Waals surface area contributed by atoms with Crippen LogP contribution in [0.1, 0.15) is 27.8 Å². The molecule has 1 heterocycles. The van der Waals surface area contributed by atoms with E-state index in [9.17, 15) is 14.4 Å². The number of nitrogens with one attached hydrogen (secondary N) is 1. The van der Waals surface area contributed by atoms with Crippen molar-refractivity contribution in [1.82, 2.24) is 4.90 Å². The Balaban J connectivity index is 1.37. The van der Waals surface area contributed by atoms with E-state index >= 15 is 0 Å². The van der Waals surface area contributed by atoms with Gasteiger partial charge in [-0.25, -0.2) is 0 Å². The number of imide groups is 1. The zero-order chi connectivity index (χ0) is 27.6. The molecule has 4 aromatic rings. The average molecular weight is 567 g/mol. The number of benzene rings is 4. The minimum Gasteiger partial charge on any atom is -0.324 e. The molecule has 1 aliphatic heterocycles. The number of para-hydroxylation sites is 1. The van der Waals surface area contributed by atoms with Crippen molar-refractivity contribution in [2.24, 2.45) is 11.8 Å². The maximum atomic E-state index is 14.5. The number of alkyl halides is 2. The zero-order valence-electron chi connectivity index (χ0n) is 21.3. The van der Waals surface area contributed by atoms with E-state index in [4.69, 9.17) is 23.2 Å². The van der Waals surface area contributed by atoms with Crippen LogP contribution in [-0.4, -0.2) is 28.7 Å². The van der Waals surface area contributed by atoms with Crippen molar-refractivity contribution >= 4 is 46.6 Å². The molecule has 0 aromatic heterocycles. The van der Waals surface area contributed by atoms with Crippen LogP contribution in [-0.2, 0) is 30.6 Å². The molecular formula is C33H24Cl2N2O3. The number of likely N-dealkylation sites (tertiary alicyclic amines) is 1. The molecule has 7 heteroatoms. The minimum absolute atomic E-state index is 0.154. The zero-order valence-corrected chi connectivity index (χ0v) is 22.8. The van der Waals surface area contributed by atoms with Gasteiger partial charge in [-0.1, -0.05) is 97.1 Å². The van der Waals surface area contributed by atoms with E-state index in [2.05, 4.69) is 5.32 Å². The number of amides is 3. The van der Waals surface area contributed by atoms with Crippen molar-refractivity contribution in [2.75, 3.05) is 5.32 Å². The van der Waals surface area contributed by atoms with Crippen LogP contribution in [0.25, 0.3) is 0 Å². The van der Waals surface area contributed by atoms with Gasteiger partial charge in [0.05, 0.1) is 11.8 Å². The molecule has 1 N–H and O–H groups in total. The van der Waals surface area contributed by atoms with Crippen LogP contribution in [0.15, 0.2) is 109 Å². The third kappa shape index (κ3) is 3.31. The van der Waals surface area contributed by atoms with Crippen LogP contribution in [0, 0.1) is 11.8 Å². The lowest BCUT2D eigenvalue weighted by Gasteiger charge is -2.54. The van der Waals surface area contributed by atoms with Crippen LogP contribution in [0.3, 0.4) is 0 Å². The van der Waals surface area contributed by atoms with Gasteiger partial charge in [-0.3, -0.25) is 19.3 Å². The van der Waals surface area contributed by atoms with Gasteiger partial charge in [0.15, 0.2) is 0 Å². The minimum atomic E-state index is -1.30. The van der Waals surface area contributed by atoms with E-state index in [1.807, 2.05) is 97.1 Å². The lowest BCUT2D eigenvalue weighted by atomic mass is 9.54. The Kier molecular flexibility index (Phi) is 5.67. The summed E-state index contributed by atoms with van der Waals surface area (Å²) in [6.07, 6.45) is 0.154. The number of rotatable bonds is 5. The summed E-state index contributed by atoms with van der Waals surface area (Å²) in [5.74, 6) is -3.35.